The molecule has 0 fully saturated rings. The topological polar surface area (TPSA) is 83.4 Å². The van der Waals surface area contributed by atoms with E-state index in [4.69, 9.17) is 0 Å². The van der Waals surface area contributed by atoms with Crippen LogP contribution in [0.25, 0.3) is 11.6 Å². The second kappa shape index (κ2) is 8.56. The number of fused-ring (bicyclic) bond motifs is 3. The summed E-state index contributed by atoms with van der Waals surface area (Å²) in [5.74, 6) is 0.905. The van der Waals surface area contributed by atoms with E-state index in [0.29, 0.717) is 11.7 Å². The van der Waals surface area contributed by atoms with Crippen molar-refractivity contribution in [1.82, 2.24) is 15.0 Å². The minimum atomic E-state index is -4.52. The average Bonchev–Trinajstić information content (AvgIpc) is 3.33. The molecule has 34 heavy (non-hydrogen) atoms. The molecule has 2 aromatic heterocycles. The first kappa shape index (κ1) is 22.1. The van der Waals surface area contributed by atoms with Crippen LogP contribution in [0.4, 0.5) is 24.8 Å². The molecule has 0 spiro atoms. The number of carbonyl (C=O) groups is 1. The summed E-state index contributed by atoms with van der Waals surface area (Å²) < 4.78 is 38.7. The van der Waals surface area contributed by atoms with Crippen LogP contribution in [0.15, 0.2) is 58.9 Å². The van der Waals surface area contributed by atoms with Crippen molar-refractivity contribution in [2.24, 2.45) is 4.99 Å². The minimum absolute atomic E-state index is 0.170. The van der Waals surface area contributed by atoms with Crippen LogP contribution in [0.1, 0.15) is 27.0 Å². The van der Waals surface area contributed by atoms with Crippen molar-refractivity contribution in [2.75, 3.05) is 29.6 Å². The van der Waals surface area contributed by atoms with Gasteiger partial charge in [0.2, 0.25) is 0 Å². The standard InChI is InChI=1S/C23H17F3N6OS/c1-34-22-29-12-15-10-17(20-28-8-9-32(20)19(15)31-22)13-2-4-14(5-3-13)21(33)30-18-11-16(6-7-27-18)23(24,25)26/h2-7,10-12H,8-9H2,1H3,(H,27,30,33). The highest BCUT2D eigenvalue weighted by Gasteiger charge is 2.31. The number of halogens is 3. The van der Waals surface area contributed by atoms with Gasteiger partial charge in [-0.3, -0.25) is 9.79 Å². The van der Waals surface area contributed by atoms with E-state index in [9.17, 15) is 18.0 Å². The molecule has 0 saturated carbocycles. The molecule has 1 N–H and O–H groups in total. The number of carbonyl (C=O) groups excluding carboxylic acids is 1. The molecular formula is C23H17F3N6OS. The van der Waals surface area contributed by atoms with Crippen LogP contribution in [-0.4, -0.2) is 46.0 Å². The molecule has 11 heteroatoms. The number of amides is 1. The summed E-state index contributed by atoms with van der Waals surface area (Å²) >= 11 is 1.47. The molecule has 0 bridgehead atoms. The Kier molecular flexibility index (Phi) is 5.56. The van der Waals surface area contributed by atoms with E-state index < -0.39 is 17.6 Å². The summed E-state index contributed by atoms with van der Waals surface area (Å²) in [6, 6.07) is 8.43. The fourth-order valence-corrected chi connectivity index (χ4v) is 4.10. The largest absolute Gasteiger partial charge is 0.416 e. The van der Waals surface area contributed by atoms with Crippen molar-refractivity contribution in [3.05, 3.63) is 71.0 Å². The predicted molar refractivity (Wildman–Crippen MR) is 125 cm³/mol. The molecule has 172 valence electrons. The Morgan fingerprint density at radius 1 is 1.15 bits per heavy atom. The van der Waals surface area contributed by atoms with Gasteiger partial charge < -0.3 is 10.2 Å². The molecule has 3 aromatic rings. The first-order chi connectivity index (χ1) is 16.3. The van der Waals surface area contributed by atoms with E-state index in [1.165, 1.54) is 11.8 Å². The lowest BCUT2D eigenvalue weighted by molar-refractivity contribution is -0.137. The number of hydrogen-bond donors (Lipinski definition) is 1. The molecule has 2 aliphatic heterocycles. The number of alkyl halides is 3. The summed E-state index contributed by atoms with van der Waals surface area (Å²) in [4.78, 5) is 32.1. The van der Waals surface area contributed by atoms with Crippen molar-refractivity contribution in [2.45, 2.75) is 11.3 Å². The van der Waals surface area contributed by atoms with Gasteiger partial charge in [-0.2, -0.15) is 13.2 Å². The van der Waals surface area contributed by atoms with Crippen LogP contribution in [0.5, 0.6) is 0 Å². The molecular weight excluding hydrogens is 465 g/mol. The van der Waals surface area contributed by atoms with Gasteiger partial charge in [-0.05, 0) is 42.2 Å². The van der Waals surface area contributed by atoms with E-state index in [1.807, 2.05) is 12.3 Å². The zero-order chi connectivity index (χ0) is 23.9. The van der Waals surface area contributed by atoms with Gasteiger partial charge in [-0.25, -0.2) is 15.0 Å². The third-order valence-electron chi connectivity index (χ3n) is 5.38. The zero-order valence-electron chi connectivity index (χ0n) is 17.8. The quantitative estimate of drug-likeness (QED) is 0.431. The smallest absolute Gasteiger partial charge is 0.308 e. The third-order valence-corrected chi connectivity index (χ3v) is 5.94. The highest BCUT2D eigenvalue weighted by Crippen LogP contribution is 2.35. The Morgan fingerprint density at radius 2 is 1.94 bits per heavy atom. The number of rotatable bonds is 4. The maximum atomic E-state index is 12.9. The van der Waals surface area contributed by atoms with E-state index >= 15 is 0 Å². The molecule has 2 aliphatic rings. The van der Waals surface area contributed by atoms with Crippen molar-refractivity contribution < 1.29 is 18.0 Å². The molecule has 0 aliphatic carbocycles. The van der Waals surface area contributed by atoms with E-state index in [2.05, 4.69) is 30.2 Å². The summed E-state index contributed by atoms with van der Waals surface area (Å²) in [5, 5.41) is 3.10. The number of thioether (sulfide) groups is 1. The lowest BCUT2D eigenvalue weighted by atomic mass is 9.97. The number of nitrogens with zero attached hydrogens (tertiary/aromatic N) is 5. The van der Waals surface area contributed by atoms with Crippen LogP contribution in [0.3, 0.4) is 0 Å². The van der Waals surface area contributed by atoms with Crippen LogP contribution in [0, 0.1) is 0 Å². The lowest BCUT2D eigenvalue weighted by Crippen LogP contribution is -2.32. The number of aliphatic imine (C=N–C) groups is 1. The van der Waals surface area contributed by atoms with Crippen LogP contribution in [-0.2, 0) is 6.18 Å². The Hall–Kier alpha value is -3.73. The molecule has 0 radical (unpaired) electrons. The van der Waals surface area contributed by atoms with Crippen molar-refractivity contribution in [3.63, 3.8) is 0 Å². The number of anilines is 2. The maximum Gasteiger partial charge on any atom is 0.416 e. The van der Waals surface area contributed by atoms with E-state index in [-0.39, 0.29) is 11.4 Å². The van der Waals surface area contributed by atoms with Gasteiger partial charge in [0.25, 0.3) is 5.91 Å². The molecule has 0 unspecified atom stereocenters. The van der Waals surface area contributed by atoms with Gasteiger partial charge in [-0.1, -0.05) is 23.9 Å². The third kappa shape index (κ3) is 4.14. The second-order valence-corrected chi connectivity index (χ2v) is 8.28. The molecule has 1 aromatic carbocycles. The minimum Gasteiger partial charge on any atom is -0.308 e. The van der Waals surface area contributed by atoms with Gasteiger partial charge in [0, 0.05) is 35.6 Å². The monoisotopic (exact) mass is 482 g/mol. The highest BCUT2D eigenvalue weighted by molar-refractivity contribution is 7.98. The van der Waals surface area contributed by atoms with Crippen molar-refractivity contribution in [1.29, 1.82) is 0 Å². The van der Waals surface area contributed by atoms with E-state index in [0.717, 1.165) is 53.2 Å². The lowest BCUT2D eigenvalue weighted by Gasteiger charge is -2.27. The van der Waals surface area contributed by atoms with Gasteiger partial charge in [0.05, 0.1) is 12.1 Å². The SMILES string of the molecule is CSc1ncc2c(n1)N1CCN=C1C(c1ccc(C(=O)Nc3cc(C(F)(F)F)ccn3)cc1)=C2. The maximum absolute atomic E-state index is 12.9. The predicted octanol–water partition coefficient (Wildman–Crippen LogP) is 4.64. The number of amidine groups is 1. The highest BCUT2D eigenvalue weighted by atomic mass is 32.2. The molecule has 1 amide bonds. The summed E-state index contributed by atoms with van der Waals surface area (Å²) in [6.45, 7) is 1.37. The molecule has 0 atom stereocenters. The zero-order valence-corrected chi connectivity index (χ0v) is 18.6. The van der Waals surface area contributed by atoms with Gasteiger partial charge in [-0.15, -0.1) is 0 Å². The number of hydrogen-bond acceptors (Lipinski definition) is 7. The van der Waals surface area contributed by atoms with Crippen LogP contribution >= 0.6 is 11.8 Å². The normalized spacial score (nSPS) is 14.8. The number of nitrogens with one attached hydrogen (secondary N) is 1. The Labute approximate surface area is 196 Å². The Bertz CT molecular complexity index is 1340. The molecule has 7 nitrogen and oxygen atoms in total. The van der Waals surface area contributed by atoms with Crippen molar-refractivity contribution in [3.8, 4) is 0 Å². The number of aromatic nitrogens is 3. The average molecular weight is 482 g/mol. The summed E-state index contributed by atoms with van der Waals surface area (Å²) in [7, 11) is 0. The summed E-state index contributed by atoms with van der Waals surface area (Å²) in [6.07, 6.45) is 2.17. The summed E-state index contributed by atoms with van der Waals surface area (Å²) in [5.41, 5.74) is 2.02. The molecule has 4 heterocycles. The Balaban J connectivity index is 1.40. The number of pyridine rings is 1. The fourth-order valence-electron chi connectivity index (χ4n) is 3.76. The second-order valence-electron chi connectivity index (χ2n) is 7.51. The van der Waals surface area contributed by atoms with Gasteiger partial charge >= 0.3 is 6.18 Å². The first-order valence-corrected chi connectivity index (χ1v) is 11.5. The van der Waals surface area contributed by atoms with Crippen LogP contribution < -0.4 is 10.2 Å². The first-order valence-electron chi connectivity index (χ1n) is 10.2. The fraction of sp³-hybridized carbons (Fsp3) is 0.174. The van der Waals surface area contributed by atoms with Gasteiger partial charge in [0.1, 0.15) is 17.5 Å². The number of benzene rings is 1. The van der Waals surface area contributed by atoms with Crippen molar-refractivity contribution >= 4 is 46.8 Å². The van der Waals surface area contributed by atoms with Gasteiger partial charge in [0.15, 0.2) is 5.16 Å². The van der Waals surface area contributed by atoms with Crippen LogP contribution in [0.2, 0.25) is 0 Å². The Morgan fingerprint density at radius 3 is 2.68 bits per heavy atom. The molecule has 0 saturated heterocycles. The van der Waals surface area contributed by atoms with E-state index in [1.54, 1.807) is 30.5 Å². The molecule has 5 rings (SSSR count).